The highest BCUT2D eigenvalue weighted by atomic mass is 16.3. The van der Waals surface area contributed by atoms with Crippen LogP contribution in [0.5, 0.6) is 0 Å². The number of tetrazole rings is 1. The standard InChI is InChI=1S/C14H19N5O2/c1-10(2)19-17-13(16-18-19)11-4-6-12(7-5-11)14(21)15-8-3-9-20/h4-7,10,20H,3,8-9H2,1-2H3,(H,15,21). The molecule has 1 heterocycles. The van der Waals surface area contributed by atoms with Crippen molar-refractivity contribution in [2.24, 2.45) is 0 Å². The van der Waals surface area contributed by atoms with Crippen LogP contribution in [0.2, 0.25) is 0 Å². The van der Waals surface area contributed by atoms with E-state index in [4.69, 9.17) is 5.11 Å². The number of carbonyl (C=O) groups is 1. The molecule has 1 amide bonds. The Morgan fingerprint density at radius 3 is 2.62 bits per heavy atom. The maximum absolute atomic E-state index is 11.8. The number of carbonyl (C=O) groups excluding carboxylic acids is 1. The molecule has 2 rings (SSSR count). The molecule has 0 aliphatic rings. The zero-order valence-corrected chi connectivity index (χ0v) is 12.2. The molecule has 21 heavy (non-hydrogen) atoms. The summed E-state index contributed by atoms with van der Waals surface area (Å²) in [5.74, 6) is 0.379. The number of aliphatic hydroxyl groups is 1. The monoisotopic (exact) mass is 289 g/mol. The average Bonchev–Trinajstić information content (AvgIpc) is 2.97. The number of amides is 1. The van der Waals surface area contributed by atoms with Crippen molar-refractivity contribution in [3.8, 4) is 11.4 Å². The van der Waals surface area contributed by atoms with E-state index in [1.165, 1.54) is 0 Å². The Labute approximate surface area is 123 Å². The molecule has 0 aliphatic carbocycles. The highest BCUT2D eigenvalue weighted by Crippen LogP contribution is 2.15. The van der Waals surface area contributed by atoms with Crippen molar-refractivity contribution < 1.29 is 9.90 Å². The number of nitrogens with zero attached hydrogens (tertiary/aromatic N) is 4. The van der Waals surface area contributed by atoms with Crippen LogP contribution in [0.4, 0.5) is 0 Å². The summed E-state index contributed by atoms with van der Waals surface area (Å²) >= 11 is 0. The maximum Gasteiger partial charge on any atom is 0.251 e. The fraction of sp³-hybridized carbons (Fsp3) is 0.429. The molecule has 0 saturated carbocycles. The molecule has 0 bridgehead atoms. The van der Waals surface area contributed by atoms with Crippen LogP contribution < -0.4 is 5.32 Å². The van der Waals surface area contributed by atoms with Gasteiger partial charge >= 0.3 is 0 Å². The van der Waals surface area contributed by atoms with Gasteiger partial charge in [0, 0.05) is 24.3 Å². The first-order valence-electron chi connectivity index (χ1n) is 6.91. The first-order chi connectivity index (χ1) is 10.1. The lowest BCUT2D eigenvalue weighted by molar-refractivity contribution is 0.0951. The Morgan fingerprint density at radius 2 is 2.05 bits per heavy atom. The van der Waals surface area contributed by atoms with Crippen LogP contribution in [0.25, 0.3) is 11.4 Å². The summed E-state index contributed by atoms with van der Waals surface area (Å²) in [7, 11) is 0. The summed E-state index contributed by atoms with van der Waals surface area (Å²) in [6.07, 6.45) is 0.548. The van der Waals surface area contributed by atoms with E-state index >= 15 is 0 Å². The molecular formula is C14H19N5O2. The smallest absolute Gasteiger partial charge is 0.251 e. The van der Waals surface area contributed by atoms with Crippen molar-refractivity contribution in [1.29, 1.82) is 0 Å². The molecular weight excluding hydrogens is 270 g/mol. The van der Waals surface area contributed by atoms with Crippen molar-refractivity contribution in [1.82, 2.24) is 25.5 Å². The van der Waals surface area contributed by atoms with E-state index in [0.29, 0.717) is 24.4 Å². The number of nitrogens with one attached hydrogen (secondary N) is 1. The van der Waals surface area contributed by atoms with Gasteiger partial charge in [0.2, 0.25) is 5.82 Å². The van der Waals surface area contributed by atoms with Gasteiger partial charge in [-0.05, 0) is 37.6 Å². The molecule has 0 fully saturated rings. The topological polar surface area (TPSA) is 92.9 Å². The summed E-state index contributed by atoms with van der Waals surface area (Å²) in [6.45, 7) is 4.48. The largest absolute Gasteiger partial charge is 0.396 e. The molecule has 7 heteroatoms. The lowest BCUT2D eigenvalue weighted by Crippen LogP contribution is -2.24. The van der Waals surface area contributed by atoms with E-state index in [-0.39, 0.29) is 18.6 Å². The van der Waals surface area contributed by atoms with E-state index in [2.05, 4.69) is 20.7 Å². The quantitative estimate of drug-likeness (QED) is 0.775. The van der Waals surface area contributed by atoms with E-state index < -0.39 is 0 Å². The number of aromatic nitrogens is 4. The lowest BCUT2D eigenvalue weighted by Gasteiger charge is -2.04. The molecule has 0 spiro atoms. The van der Waals surface area contributed by atoms with Gasteiger partial charge in [-0.3, -0.25) is 4.79 Å². The second-order valence-electron chi connectivity index (χ2n) is 4.94. The number of hydrogen-bond donors (Lipinski definition) is 2. The third-order valence-electron chi connectivity index (χ3n) is 2.92. The van der Waals surface area contributed by atoms with E-state index in [9.17, 15) is 4.79 Å². The SMILES string of the molecule is CC(C)n1nnc(-c2ccc(C(=O)NCCCO)cc2)n1. The molecule has 0 unspecified atom stereocenters. The lowest BCUT2D eigenvalue weighted by atomic mass is 10.1. The number of rotatable bonds is 6. The summed E-state index contributed by atoms with van der Waals surface area (Å²) in [5.41, 5.74) is 1.38. The minimum atomic E-state index is -0.159. The third kappa shape index (κ3) is 3.85. The minimum Gasteiger partial charge on any atom is -0.396 e. The summed E-state index contributed by atoms with van der Waals surface area (Å²) in [5, 5.41) is 23.7. The van der Waals surface area contributed by atoms with E-state index in [1.54, 1.807) is 29.1 Å². The molecule has 112 valence electrons. The van der Waals surface area contributed by atoms with Gasteiger partial charge in [0.25, 0.3) is 5.91 Å². The first-order valence-corrected chi connectivity index (χ1v) is 6.91. The second kappa shape index (κ2) is 6.94. The zero-order chi connectivity index (χ0) is 15.2. The molecule has 0 saturated heterocycles. The van der Waals surface area contributed by atoms with Crippen LogP contribution >= 0.6 is 0 Å². The van der Waals surface area contributed by atoms with Gasteiger partial charge in [0.05, 0.1) is 6.04 Å². The van der Waals surface area contributed by atoms with E-state index in [0.717, 1.165) is 5.56 Å². The summed E-state index contributed by atoms with van der Waals surface area (Å²) in [4.78, 5) is 13.4. The van der Waals surface area contributed by atoms with Gasteiger partial charge < -0.3 is 10.4 Å². The average molecular weight is 289 g/mol. The Balaban J connectivity index is 2.05. The molecule has 0 atom stereocenters. The minimum absolute atomic E-state index is 0.0659. The Morgan fingerprint density at radius 1 is 1.33 bits per heavy atom. The maximum atomic E-state index is 11.8. The van der Waals surface area contributed by atoms with Crippen molar-refractivity contribution in [2.75, 3.05) is 13.2 Å². The van der Waals surface area contributed by atoms with Crippen LogP contribution in [-0.4, -0.2) is 44.4 Å². The molecule has 0 aliphatic heterocycles. The van der Waals surface area contributed by atoms with Crippen molar-refractivity contribution in [3.63, 3.8) is 0 Å². The number of aliphatic hydroxyl groups excluding tert-OH is 1. The summed E-state index contributed by atoms with van der Waals surface area (Å²) < 4.78 is 0. The zero-order valence-electron chi connectivity index (χ0n) is 12.2. The van der Waals surface area contributed by atoms with Gasteiger partial charge in [-0.2, -0.15) is 4.80 Å². The second-order valence-corrected chi connectivity index (χ2v) is 4.94. The Hall–Kier alpha value is -2.28. The third-order valence-corrected chi connectivity index (χ3v) is 2.92. The van der Waals surface area contributed by atoms with Gasteiger partial charge in [-0.25, -0.2) is 0 Å². The predicted octanol–water partition coefficient (Wildman–Crippen LogP) is 1.03. The molecule has 2 aromatic rings. The van der Waals surface area contributed by atoms with Crippen LogP contribution in [0.1, 0.15) is 36.7 Å². The van der Waals surface area contributed by atoms with Gasteiger partial charge in [-0.1, -0.05) is 12.1 Å². The van der Waals surface area contributed by atoms with E-state index in [1.807, 2.05) is 13.8 Å². The normalized spacial score (nSPS) is 10.9. The molecule has 1 aromatic heterocycles. The fourth-order valence-corrected chi connectivity index (χ4v) is 1.71. The highest BCUT2D eigenvalue weighted by Gasteiger charge is 2.09. The van der Waals surface area contributed by atoms with Crippen LogP contribution in [0.15, 0.2) is 24.3 Å². The van der Waals surface area contributed by atoms with Crippen LogP contribution in [0, 0.1) is 0 Å². The fourth-order valence-electron chi connectivity index (χ4n) is 1.71. The van der Waals surface area contributed by atoms with Crippen molar-refractivity contribution >= 4 is 5.91 Å². The highest BCUT2D eigenvalue weighted by molar-refractivity contribution is 5.94. The van der Waals surface area contributed by atoms with Crippen molar-refractivity contribution in [3.05, 3.63) is 29.8 Å². The Bertz CT molecular complexity index is 592. The number of hydrogen-bond acceptors (Lipinski definition) is 5. The number of benzene rings is 1. The van der Waals surface area contributed by atoms with Gasteiger partial charge in [-0.15, -0.1) is 10.2 Å². The van der Waals surface area contributed by atoms with Crippen LogP contribution in [0.3, 0.4) is 0 Å². The van der Waals surface area contributed by atoms with Crippen molar-refractivity contribution in [2.45, 2.75) is 26.3 Å². The van der Waals surface area contributed by atoms with Gasteiger partial charge in [0.1, 0.15) is 0 Å². The molecule has 2 N–H and O–H groups in total. The first kappa shape index (κ1) is 15.1. The predicted molar refractivity (Wildman–Crippen MR) is 77.7 cm³/mol. The summed E-state index contributed by atoms with van der Waals surface area (Å²) in [6, 6.07) is 7.19. The van der Waals surface area contributed by atoms with Crippen LogP contribution in [-0.2, 0) is 0 Å². The Kier molecular flexibility index (Phi) is 4.99. The molecule has 0 radical (unpaired) electrons. The molecule has 7 nitrogen and oxygen atoms in total. The van der Waals surface area contributed by atoms with Gasteiger partial charge in [0.15, 0.2) is 0 Å². The molecule has 1 aromatic carbocycles.